The Morgan fingerprint density at radius 1 is 1.54 bits per heavy atom. The normalized spacial score (nSPS) is 13.8. The number of rotatable bonds is 1. The summed E-state index contributed by atoms with van der Waals surface area (Å²) >= 11 is 16.6. The van der Waals surface area contributed by atoms with Gasteiger partial charge in [-0.15, -0.1) is 0 Å². The minimum absolute atomic E-state index is 0.0810. The fourth-order valence-electron chi connectivity index (χ4n) is 0.409. The van der Waals surface area contributed by atoms with Crippen molar-refractivity contribution in [2.24, 2.45) is 4.99 Å². The van der Waals surface area contributed by atoms with Gasteiger partial charge in [-0.1, -0.05) is 34.8 Å². The van der Waals surface area contributed by atoms with Crippen LogP contribution in [0, 0.1) is 11.3 Å². The third-order valence-electron chi connectivity index (χ3n) is 0.889. The predicted molar refractivity (Wildman–Crippen MR) is 54.9 cm³/mol. The fraction of sp³-hybridized carbons (Fsp3) is 0. The molecule has 0 amide bonds. The molecule has 0 radical (unpaired) electrons. The molecule has 1 rings (SSSR count). The number of aromatic nitrogens is 1. The summed E-state index contributed by atoms with van der Waals surface area (Å²) in [5.41, 5.74) is 0. The molecule has 8 heteroatoms. The average Bonchev–Trinajstić information content (AvgIpc) is 2.50. The molecule has 0 N–H and O–H groups in total. The lowest BCUT2D eigenvalue weighted by atomic mass is 10.7. The molecule has 0 spiro atoms. The van der Waals surface area contributed by atoms with Crippen molar-refractivity contribution in [3.63, 3.8) is 0 Å². The summed E-state index contributed by atoms with van der Waals surface area (Å²) < 4.78 is 4.23. The first-order valence-electron chi connectivity index (χ1n) is 2.76. The molecule has 68 valence electrons. The van der Waals surface area contributed by atoms with E-state index in [0.717, 1.165) is 0 Å². The van der Waals surface area contributed by atoms with Gasteiger partial charge in [-0.3, -0.25) is 0 Å². The van der Waals surface area contributed by atoms with Crippen LogP contribution in [0.4, 0.5) is 0 Å². The van der Waals surface area contributed by atoms with Gasteiger partial charge in [0.15, 0.2) is 20.0 Å². The summed E-state index contributed by atoms with van der Waals surface area (Å²) in [6, 6.07) is 1.66. The molecule has 13 heavy (non-hydrogen) atoms. The van der Waals surface area contributed by atoms with Gasteiger partial charge in [-0.25, -0.2) is 4.99 Å². The van der Waals surface area contributed by atoms with Gasteiger partial charge < -0.3 is 0 Å². The Morgan fingerprint density at radius 2 is 2.23 bits per heavy atom. The lowest BCUT2D eigenvalue weighted by molar-refractivity contribution is 1.34. The van der Waals surface area contributed by atoms with Crippen molar-refractivity contribution in [1.82, 2.24) is 4.37 Å². The number of nitrogens with zero attached hydrogens (tertiary/aromatic N) is 3. The van der Waals surface area contributed by atoms with Gasteiger partial charge in [0, 0.05) is 10.5 Å². The van der Waals surface area contributed by atoms with E-state index in [9.17, 15) is 0 Å². The molecular weight excluding hydrogens is 273 g/mol. The van der Waals surface area contributed by atoms with E-state index in [4.69, 9.17) is 40.1 Å². The summed E-state index contributed by atoms with van der Waals surface area (Å²) in [4.78, 5) is 3.81. The van der Waals surface area contributed by atoms with Crippen LogP contribution < -0.4 is 4.67 Å². The predicted octanol–water partition coefficient (Wildman–Crippen LogP) is 2.93. The molecule has 1 aromatic heterocycles. The zero-order valence-electron chi connectivity index (χ0n) is 5.79. The molecule has 3 nitrogen and oxygen atoms in total. The third kappa shape index (κ3) is 2.93. The van der Waals surface area contributed by atoms with Crippen LogP contribution >= 0.6 is 55.7 Å². The Bertz CT molecular complexity index is 438. The fourth-order valence-corrected chi connectivity index (χ4v) is 2.61. The minimum Gasteiger partial charge on any atom is -0.219 e. The summed E-state index contributed by atoms with van der Waals surface area (Å²) in [5.74, 6) is 0. The SMILES string of the molecule is N#C/C(Cl)=C(Cl)/N=c1/ssnc1Cl. The maximum absolute atomic E-state index is 8.38. The van der Waals surface area contributed by atoms with E-state index in [1.165, 1.54) is 20.9 Å². The number of nitriles is 1. The average molecular weight is 273 g/mol. The summed E-state index contributed by atoms with van der Waals surface area (Å²) in [7, 11) is 2.44. The minimum atomic E-state index is -0.170. The van der Waals surface area contributed by atoms with Crippen molar-refractivity contribution >= 4 is 55.7 Å². The van der Waals surface area contributed by atoms with Gasteiger partial charge in [0.2, 0.25) is 0 Å². The lowest BCUT2D eigenvalue weighted by Gasteiger charge is -1.85. The van der Waals surface area contributed by atoms with E-state index < -0.39 is 0 Å². The molecule has 0 aliphatic heterocycles. The number of allylic oxidation sites excluding steroid dienone is 1. The Kier molecular flexibility index (Phi) is 4.16. The second kappa shape index (κ2) is 4.94. The largest absolute Gasteiger partial charge is 0.219 e. The zero-order chi connectivity index (χ0) is 9.84. The van der Waals surface area contributed by atoms with Crippen LogP contribution in [0.2, 0.25) is 5.15 Å². The van der Waals surface area contributed by atoms with E-state index in [-0.39, 0.29) is 15.3 Å². The number of hydrogen-bond donors (Lipinski definition) is 0. The zero-order valence-corrected chi connectivity index (χ0v) is 9.69. The second-order valence-corrected chi connectivity index (χ2v) is 4.60. The van der Waals surface area contributed by atoms with Gasteiger partial charge in [-0.05, 0) is 10.3 Å². The van der Waals surface area contributed by atoms with Crippen LogP contribution in [0.15, 0.2) is 15.2 Å². The maximum atomic E-state index is 8.38. The Labute approximate surface area is 96.1 Å². The molecule has 0 aliphatic carbocycles. The van der Waals surface area contributed by atoms with Crippen molar-refractivity contribution in [3.05, 3.63) is 20.0 Å². The van der Waals surface area contributed by atoms with E-state index in [0.29, 0.717) is 4.67 Å². The first-order chi connectivity index (χ1) is 6.15. The Hall–Kier alpha value is -0.120. The highest BCUT2D eigenvalue weighted by atomic mass is 35.5. The molecule has 0 fully saturated rings. The van der Waals surface area contributed by atoms with E-state index >= 15 is 0 Å². The molecule has 0 saturated heterocycles. The number of hydrogen-bond acceptors (Lipinski definition) is 5. The topological polar surface area (TPSA) is 49.0 Å². The number of halogens is 3. The maximum Gasteiger partial charge on any atom is 0.179 e. The summed E-state index contributed by atoms with van der Waals surface area (Å²) in [5, 5.41) is 8.38. The van der Waals surface area contributed by atoms with Crippen LogP contribution in [0.5, 0.6) is 0 Å². The lowest BCUT2D eigenvalue weighted by Crippen LogP contribution is -1.93. The van der Waals surface area contributed by atoms with Crippen LogP contribution in [-0.4, -0.2) is 4.37 Å². The molecule has 0 aromatic carbocycles. The molecule has 0 unspecified atom stereocenters. The molecule has 0 bridgehead atoms. The van der Waals surface area contributed by atoms with E-state index in [1.807, 2.05) is 0 Å². The van der Waals surface area contributed by atoms with Crippen LogP contribution in [-0.2, 0) is 0 Å². The van der Waals surface area contributed by atoms with Crippen molar-refractivity contribution in [1.29, 1.82) is 5.26 Å². The van der Waals surface area contributed by atoms with Crippen LogP contribution in [0.1, 0.15) is 0 Å². The monoisotopic (exact) mass is 271 g/mol. The highest BCUT2D eigenvalue weighted by molar-refractivity contribution is 7.66. The van der Waals surface area contributed by atoms with Crippen molar-refractivity contribution < 1.29 is 0 Å². The Morgan fingerprint density at radius 3 is 2.69 bits per heavy atom. The highest BCUT2D eigenvalue weighted by Gasteiger charge is 2.01. The molecule has 0 aliphatic rings. The summed E-state index contributed by atoms with van der Waals surface area (Å²) in [6.45, 7) is 0. The molecule has 0 saturated carbocycles. The van der Waals surface area contributed by atoms with Crippen molar-refractivity contribution in [2.45, 2.75) is 0 Å². The van der Waals surface area contributed by atoms with Gasteiger partial charge in [0.25, 0.3) is 0 Å². The summed E-state index contributed by atoms with van der Waals surface area (Å²) in [6.07, 6.45) is 0. The van der Waals surface area contributed by atoms with Gasteiger partial charge in [0.05, 0.1) is 0 Å². The highest BCUT2D eigenvalue weighted by Crippen LogP contribution is 2.15. The molecule has 0 atom stereocenters. The van der Waals surface area contributed by atoms with E-state index in [2.05, 4.69) is 9.37 Å². The second-order valence-electron chi connectivity index (χ2n) is 1.67. The van der Waals surface area contributed by atoms with Gasteiger partial charge in [-0.2, -0.15) is 9.64 Å². The van der Waals surface area contributed by atoms with Gasteiger partial charge >= 0.3 is 0 Å². The third-order valence-corrected chi connectivity index (χ3v) is 3.69. The first-order valence-corrected chi connectivity index (χ1v) is 6.01. The Balaban J connectivity index is 3.19. The molecule has 1 aromatic rings. The van der Waals surface area contributed by atoms with Crippen molar-refractivity contribution in [2.75, 3.05) is 0 Å². The molecule has 1 heterocycles. The van der Waals surface area contributed by atoms with E-state index in [1.54, 1.807) is 6.07 Å². The van der Waals surface area contributed by atoms with Crippen molar-refractivity contribution in [3.8, 4) is 6.07 Å². The smallest absolute Gasteiger partial charge is 0.179 e. The standard InChI is InChI=1S/C5Cl3N3S2/c6-2(1-9)3(7)10-5-4(8)11-13-12-5/b3-2-,10-5+. The first kappa shape index (κ1) is 11.0. The van der Waals surface area contributed by atoms with Crippen LogP contribution in [0.3, 0.4) is 0 Å². The van der Waals surface area contributed by atoms with Gasteiger partial charge in [0.1, 0.15) is 6.07 Å². The molecular formula is C5Cl3N3S2. The van der Waals surface area contributed by atoms with Crippen LogP contribution in [0.25, 0.3) is 0 Å². The quantitative estimate of drug-likeness (QED) is 0.448.